The zero-order valence-electron chi connectivity index (χ0n) is 11.3. The molecule has 1 heterocycles. The highest BCUT2D eigenvalue weighted by Gasteiger charge is 2.25. The first-order valence-electron chi connectivity index (χ1n) is 6.65. The molecular formula is C13H17N3O4. The number of nitrogens with zero attached hydrogens (tertiary/aromatic N) is 3. The molecule has 0 amide bonds. The Kier molecular flexibility index (Phi) is 4.16. The van der Waals surface area contributed by atoms with Gasteiger partial charge < -0.3 is 10.0 Å². The van der Waals surface area contributed by atoms with Crippen LogP contribution in [0.3, 0.4) is 0 Å². The van der Waals surface area contributed by atoms with E-state index in [0.717, 1.165) is 31.6 Å². The van der Waals surface area contributed by atoms with Crippen LogP contribution >= 0.6 is 0 Å². The monoisotopic (exact) mass is 279 g/mol. The standard InChI is InChI=1S/C13H17N3O4/c1-2-15(8-9-4-3-5-9)12-11(13(17)18)6-10(7-14-12)16(19)20/h6-7,9H,2-5,8H2,1H3,(H,17,18). The van der Waals surface area contributed by atoms with Gasteiger partial charge in [-0.15, -0.1) is 0 Å². The number of carboxylic acid groups (broad SMARTS) is 1. The van der Waals surface area contributed by atoms with Crippen LogP contribution in [0.2, 0.25) is 0 Å². The van der Waals surface area contributed by atoms with Crippen molar-refractivity contribution in [2.75, 3.05) is 18.0 Å². The summed E-state index contributed by atoms with van der Waals surface area (Å²) in [6.07, 6.45) is 4.62. The van der Waals surface area contributed by atoms with Gasteiger partial charge in [-0.1, -0.05) is 6.42 Å². The van der Waals surface area contributed by atoms with Crippen LogP contribution in [0.4, 0.5) is 11.5 Å². The minimum absolute atomic E-state index is 0.111. The molecule has 7 nitrogen and oxygen atoms in total. The first-order chi connectivity index (χ1) is 9.52. The molecule has 1 aliphatic rings. The number of hydrogen-bond donors (Lipinski definition) is 1. The van der Waals surface area contributed by atoms with Crippen LogP contribution in [-0.2, 0) is 0 Å². The summed E-state index contributed by atoms with van der Waals surface area (Å²) in [5.74, 6) is -0.311. The van der Waals surface area contributed by atoms with Crippen molar-refractivity contribution in [2.24, 2.45) is 5.92 Å². The molecule has 2 rings (SSSR count). The SMILES string of the molecule is CCN(CC1CCC1)c1ncc([N+](=O)[O-])cc1C(=O)O. The Morgan fingerprint density at radius 1 is 1.60 bits per heavy atom. The molecule has 1 saturated carbocycles. The second-order valence-electron chi connectivity index (χ2n) is 4.96. The van der Waals surface area contributed by atoms with Gasteiger partial charge in [0.1, 0.15) is 17.6 Å². The Hall–Kier alpha value is -2.18. The molecule has 1 aliphatic carbocycles. The number of aromatic carboxylic acids is 1. The summed E-state index contributed by atoms with van der Waals surface area (Å²) in [4.78, 5) is 27.3. The molecule has 1 aromatic heterocycles. The van der Waals surface area contributed by atoms with E-state index < -0.39 is 10.9 Å². The normalized spacial score (nSPS) is 14.7. The van der Waals surface area contributed by atoms with Gasteiger partial charge in [0.05, 0.1) is 4.92 Å². The summed E-state index contributed by atoms with van der Waals surface area (Å²) in [6.45, 7) is 3.30. The number of carbonyl (C=O) groups is 1. The molecule has 0 bridgehead atoms. The van der Waals surface area contributed by atoms with Crippen molar-refractivity contribution in [3.05, 3.63) is 27.9 Å². The molecule has 0 aliphatic heterocycles. The van der Waals surface area contributed by atoms with E-state index in [0.29, 0.717) is 18.3 Å². The number of nitro groups is 1. The van der Waals surface area contributed by atoms with E-state index in [1.807, 2.05) is 11.8 Å². The number of rotatable bonds is 6. The molecule has 108 valence electrons. The first-order valence-corrected chi connectivity index (χ1v) is 6.65. The van der Waals surface area contributed by atoms with E-state index in [1.165, 1.54) is 6.42 Å². The summed E-state index contributed by atoms with van der Waals surface area (Å²) in [5, 5.41) is 20.0. The number of pyridine rings is 1. The highest BCUT2D eigenvalue weighted by Crippen LogP contribution is 2.30. The molecule has 0 atom stereocenters. The van der Waals surface area contributed by atoms with Crippen molar-refractivity contribution in [3.63, 3.8) is 0 Å². The fourth-order valence-corrected chi connectivity index (χ4v) is 2.31. The zero-order valence-corrected chi connectivity index (χ0v) is 11.3. The van der Waals surface area contributed by atoms with Crippen molar-refractivity contribution in [1.29, 1.82) is 0 Å². The summed E-state index contributed by atoms with van der Waals surface area (Å²) < 4.78 is 0. The van der Waals surface area contributed by atoms with Gasteiger partial charge in [0.15, 0.2) is 0 Å². The van der Waals surface area contributed by atoms with Crippen molar-refractivity contribution >= 4 is 17.5 Å². The molecule has 7 heteroatoms. The van der Waals surface area contributed by atoms with E-state index >= 15 is 0 Å². The van der Waals surface area contributed by atoms with Gasteiger partial charge >= 0.3 is 5.97 Å². The molecule has 0 spiro atoms. The molecular weight excluding hydrogens is 262 g/mol. The zero-order chi connectivity index (χ0) is 14.7. The molecule has 0 saturated heterocycles. The third-order valence-electron chi connectivity index (χ3n) is 3.68. The summed E-state index contributed by atoms with van der Waals surface area (Å²) >= 11 is 0. The smallest absolute Gasteiger partial charge is 0.339 e. The van der Waals surface area contributed by atoms with Gasteiger partial charge in [0, 0.05) is 19.2 Å². The number of carboxylic acids is 1. The maximum Gasteiger partial charge on any atom is 0.339 e. The topological polar surface area (TPSA) is 96.6 Å². The minimum Gasteiger partial charge on any atom is -0.478 e. The average Bonchev–Trinajstić information content (AvgIpc) is 2.37. The predicted octanol–water partition coefficient (Wildman–Crippen LogP) is 2.31. The Bertz CT molecular complexity index is 528. The van der Waals surface area contributed by atoms with Gasteiger partial charge in [-0.05, 0) is 25.7 Å². The van der Waals surface area contributed by atoms with E-state index in [9.17, 15) is 20.0 Å². The van der Waals surface area contributed by atoms with Crippen LogP contribution < -0.4 is 4.90 Å². The van der Waals surface area contributed by atoms with Crippen LogP contribution in [0, 0.1) is 16.0 Å². The average molecular weight is 279 g/mol. The Morgan fingerprint density at radius 2 is 2.30 bits per heavy atom. The lowest BCUT2D eigenvalue weighted by molar-refractivity contribution is -0.385. The number of hydrogen-bond acceptors (Lipinski definition) is 5. The second kappa shape index (κ2) is 5.85. The molecule has 1 aromatic rings. The van der Waals surface area contributed by atoms with Gasteiger partial charge in [-0.3, -0.25) is 10.1 Å². The lowest BCUT2D eigenvalue weighted by atomic mass is 9.85. The minimum atomic E-state index is -1.19. The molecule has 1 fully saturated rings. The van der Waals surface area contributed by atoms with Crippen molar-refractivity contribution in [3.8, 4) is 0 Å². The van der Waals surface area contributed by atoms with Gasteiger partial charge in [-0.2, -0.15) is 0 Å². The lowest BCUT2D eigenvalue weighted by Gasteiger charge is -2.32. The highest BCUT2D eigenvalue weighted by molar-refractivity contribution is 5.94. The quantitative estimate of drug-likeness (QED) is 0.634. The summed E-state index contributed by atoms with van der Waals surface area (Å²) in [6, 6.07) is 1.08. The van der Waals surface area contributed by atoms with E-state index in [4.69, 9.17) is 0 Å². The van der Waals surface area contributed by atoms with Crippen LogP contribution in [0.15, 0.2) is 12.3 Å². The predicted molar refractivity (Wildman–Crippen MR) is 73.1 cm³/mol. The maximum atomic E-state index is 11.3. The van der Waals surface area contributed by atoms with Gasteiger partial charge in [-0.25, -0.2) is 9.78 Å². The maximum absolute atomic E-state index is 11.3. The van der Waals surface area contributed by atoms with E-state index in [-0.39, 0.29) is 11.3 Å². The second-order valence-corrected chi connectivity index (χ2v) is 4.96. The third-order valence-corrected chi connectivity index (χ3v) is 3.68. The number of anilines is 1. The molecule has 0 unspecified atom stereocenters. The largest absolute Gasteiger partial charge is 0.478 e. The number of aromatic nitrogens is 1. The van der Waals surface area contributed by atoms with Crippen molar-refractivity contribution in [2.45, 2.75) is 26.2 Å². The van der Waals surface area contributed by atoms with Crippen LogP contribution in [0.1, 0.15) is 36.5 Å². The van der Waals surface area contributed by atoms with Crippen molar-refractivity contribution < 1.29 is 14.8 Å². The summed E-state index contributed by atoms with van der Waals surface area (Å²) in [5.41, 5.74) is -0.411. The summed E-state index contributed by atoms with van der Waals surface area (Å²) in [7, 11) is 0. The van der Waals surface area contributed by atoms with E-state index in [2.05, 4.69) is 4.98 Å². The fraction of sp³-hybridized carbons (Fsp3) is 0.538. The third kappa shape index (κ3) is 2.87. The first kappa shape index (κ1) is 14.2. The van der Waals surface area contributed by atoms with Crippen molar-refractivity contribution in [1.82, 2.24) is 4.98 Å². The van der Waals surface area contributed by atoms with Crippen LogP contribution in [0.25, 0.3) is 0 Å². The molecule has 20 heavy (non-hydrogen) atoms. The molecule has 1 N–H and O–H groups in total. The molecule has 0 aromatic carbocycles. The molecule has 0 radical (unpaired) electrons. The lowest BCUT2D eigenvalue weighted by Crippen LogP contribution is -2.34. The Balaban J connectivity index is 2.32. The highest BCUT2D eigenvalue weighted by atomic mass is 16.6. The van der Waals surface area contributed by atoms with Gasteiger partial charge in [0.2, 0.25) is 0 Å². The van der Waals surface area contributed by atoms with Crippen LogP contribution in [-0.4, -0.2) is 34.1 Å². The Morgan fingerprint density at radius 3 is 2.75 bits per heavy atom. The fourth-order valence-electron chi connectivity index (χ4n) is 2.31. The Labute approximate surface area is 116 Å². The van der Waals surface area contributed by atoms with E-state index in [1.54, 1.807) is 0 Å². The van der Waals surface area contributed by atoms with Crippen LogP contribution in [0.5, 0.6) is 0 Å². The van der Waals surface area contributed by atoms with Gasteiger partial charge in [0.25, 0.3) is 5.69 Å².